The van der Waals surface area contributed by atoms with Gasteiger partial charge in [0.05, 0.1) is 0 Å². The highest BCUT2D eigenvalue weighted by Gasteiger charge is 2.32. The summed E-state index contributed by atoms with van der Waals surface area (Å²) < 4.78 is 1.74. The van der Waals surface area contributed by atoms with E-state index in [1.807, 2.05) is 0 Å². The molecule has 1 fully saturated rings. The first-order valence-electron chi connectivity index (χ1n) is 5.30. The third-order valence-corrected chi connectivity index (χ3v) is 3.47. The van der Waals surface area contributed by atoms with Gasteiger partial charge in [-0.1, -0.05) is 11.6 Å². The fraction of sp³-hybridized carbons (Fsp3) is 0.600. The summed E-state index contributed by atoms with van der Waals surface area (Å²) in [6.07, 6.45) is 3.62. The molecule has 0 radical (unpaired) electrons. The fourth-order valence-electron chi connectivity index (χ4n) is 2.58. The molecule has 3 rings (SSSR count). The van der Waals surface area contributed by atoms with E-state index < -0.39 is 0 Å². The van der Waals surface area contributed by atoms with Crippen LogP contribution >= 0.6 is 11.6 Å². The van der Waals surface area contributed by atoms with Crippen LogP contribution in [0.5, 0.6) is 0 Å². The third-order valence-electron chi connectivity index (χ3n) is 3.27. The van der Waals surface area contributed by atoms with E-state index in [-0.39, 0.29) is 5.69 Å². The lowest BCUT2D eigenvalue weighted by molar-refractivity contribution is 0.458. The van der Waals surface area contributed by atoms with Crippen LogP contribution in [0, 0.1) is 0 Å². The van der Waals surface area contributed by atoms with Crippen molar-refractivity contribution < 1.29 is 0 Å². The standard InChI is InChI=1S/C10H12ClN3O/c11-8-5-9-13-4-2-1-3-7(13)6-14(9)10(15)12-8/h5,7H,1-4,6H2/t7-/m1/s1. The van der Waals surface area contributed by atoms with Crippen LogP contribution in [0.25, 0.3) is 0 Å². The molecule has 0 bridgehead atoms. The topological polar surface area (TPSA) is 38.1 Å². The Kier molecular flexibility index (Phi) is 1.99. The maximum atomic E-state index is 11.6. The van der Waals surface area contributed by atoms with Crippen molar-refractivity contribution in [1.29, 1.82) is 0 Å². The normalized spacial score (nSPS) is 23.8. The summed E-state index contributed by atoms with van der Waals surface area (Å²) in [5.74, 6) is 0.949. The molecule has 5 heteroatoms. The van der Waals surface area contributed by atoms with Gasteiger partial charge in [0.15, 0.2) is 0 Å². The molecule has 0 spiro atoms. The number of aromatic nitrogens is 2. The third kappa shape index (κ3) is 1.35. The number of hydrogen-bond donors (Lipinski definition) is 0. The molecule has 0 unspecified atom stereocenters. The molecule has 4 nitrogen and oxygen atoms in total. The van der Waals surface area contributed by atoms with Crippen LogP contribution < -0.4 is 10.6 Å². The van der Waals surface area contributed by atoms with Gasteiger partial charge in [-0.15, -0.1) is 0 Å². The zero-order valence-electron chi connectivity index (χ0n) is 8.32. The van der Waals surface area contributed by atoms with Crippen molar-refractivity contribution >= 4 is 17.4 Å². The minimum atomic E-state index is -0.216. The summed E-state index contributed by atoms with van der Waals surface area (Å²) in [6.45, 7) is 1.81. The van der Waals surface area contributed by atoms with E-state index in [4.69, 9.17) is 11.6 Å². The molecular weight excluding hydrogens is 214 g/mol. The molecule has 2 aliphatic rings. The first-order valence-corrected chi connectivity index (χ1v) is 5.67. The molecule has 0 amide bonds. The first-order chi connectivity index (χ1) is 7.25. The number of piperidine rings is 1. The minimum Gasteiger partial charge on any atom is -0.353 e. The fourth-order valence-corrected chi connectivity index (χ4v) is 2.75. The van der Waals surface area contributed by atoms with E-state index in [1.54, 1.807) is 10.6 Å². The predicted molar refractivity (Wildman–Crippen MR) is 58.5 cm³/mol. The van der Waals surface area contributed by atoms with Crippen molar-refractivity contribution in [3.8, 4) is 0 Å². The first kappa shape index (κ1) is 9.21. The molecule has 80 valence electrons. The van der Waals surface area contributed by atoms with Gasteiger partial charge in [0.1, 0.15) is 11.0 Å². The smallest absolute Gasteiger partial charge is 0.350 e. The van der Waals surface area contributed by atoms with Gasteiger partial charge in [-0.25, -0.2) is 4.79 Å². The second-order valence-electron chi connectivity index (χ2n) is 4.17. The Balaban J connectivity index is 2.12. The summed E-state index contributed by atoms with van der Waals surface area (Å²) in [5.41, 5.74) is -0.216. The van der Waals surface area contributed by atoms with Crippen LogP contribution in [0.2, 0.25) is 5.15 Å². The van der Waals surface area contributed by atoms with Crippen LogP contribution in [-0.4, -0.2) is 22.1 Å². The number of halogens is 1. The molecule has 1 saturated heterocycles. The maximum Gasteiger partial charge on any atom is 0.350 e. The van der Waals surface area contributed by atoms with Crippen molar-refractivity contribution in [3.05, 3.63) is 21.7 Å². The summed E-state index contributed by atoms with van der Waals surface area (Å²) in [4.78, 5) is 17.7. The molecule has 0 saturated carbocycles. The Morgan fingerprint density at radius 3 is 3.20 bits per heavy atom. The van der Waals surface area contributed by atoms with Gasteiger partial charge in [0, 0.05) is 25.2 Å². The van der Waals surface area contributed by atoms with Crippen LogP contribution in [-0.2, 0) is 6.54 Å². The van der Waals surface area contributed by atoms with Gasteiger partial charge in [-0.05, 0) is 19.3 Å². The second-order valence-corrected chi connectivity index (χ2v) is 4.56. The summed E-state index contributed by atoms with van der Waals surface area (Å²) in [7, 11) is 0. The number of anilines is 1. The highest BCUT2D eigenvalue weighted by molar-refractivity contribution is 6.29. The molecular formula is C10H12ClN3O. The van der Waals surface area contributed by atoms with E-state index in [1.165, 1.54) is 19.3 Å². The molecule has 2 aliphatic heterocycles. The SMILES string of the molecule is O=c1nc(Cl)cc2n1C[C@H]1CCCCN21. The van der Waals surface area contributed by atoms with Crippen molar-refractivity contribution in [2.24, 2.45) is 0 Å². The van der Waals surface area contributed by atoms with Crippen molar-refractivity contribution in [1.82, 2.24) is 9.55 Å². The summed E-state index contributed by atoms with van der Waals surface area (Å²) >= 11 is 5.81. The largest absolute Gasteiger partial charge is 0.353 e. The highest BCUT2D eigenvalue weighted by atomic mass is 35.5. The van der Waals surface area contributed by atoms with Gasteiger partial charge in [-0.2, -0.15) is 4.98 Å². The molecule has 0 N–H and O–H groups in total. The Morgan fingerprint density at radius 1 is 1.47 bits per heavy atom. The second kappa shape index (κ2) is 3.23. The van der Waals surface area contributed by atoms with Crippen LogP contribution in [0.15, 0.2) is 10.9 Å². The number of rotatable bonds is 0. The summed E-state index contributed by atoms with van der Waals surface area (Å²) in [6, 6.07) is 2.28. The average molecular weight is 226 g/mol. The Hall–Kier alpha value is -1.03. The van der Waals surface area contributed by atoms with E-state index >= 15 is 0 Å². The predicted octanol–water partition coefficient (Wildman–Crippen LogP) is 1.27. The van der Waals surface area contributed by atoms with Gasteiger partial charge in [0.2, 0.25) is 0 Å². The molecule has 1 aromatic rings. The van der Waals surface area contributed by atoms with Crippen LogP contribution in [0.1, 0.15) is 19.3 Å². The number of hydrogen-bond acceptors (Lipinski definition) is 3. The average Bonchev–Trinajstić information content (AvgIpc) is 2.57. The molecule has 0 aromatic carbocycles. The van der Waals surface area contributed by atoms with E-state index in [0.717, 1.165) is 18.9 Å². The molecule has 1 aromatic heterocycles. The van der Waals surface area contributed by atoms with E-state index in [0.29, 0.717) is 11.2 Å². The molecule has 0 aliphatic carbocycles. The number of fused-ring (bicyclic) bond motifs is 3. The van der Waals surface area contributed by atoms with E-state index in [9.17, 15) is 4.79 Å². The maximum absolute atomic E-state index is 11.6. The van der Waals surface area contributed by atoms with Gasteiger partial charge in [0.25, 0.3) is 0 Å². The lowest BCUT2D eigenvalue weighted by Gasteiger charge is -2.30. The quantitative estimate of drug-likeness (QED) is 0.624. The Morgan fingerprint density at radius 2 is 2.33 bits per heavy atom. The zero-order valence-corrected chi connectivity index (χ0v) is 9.07. The molecule has 15 heavy (non-hydrogen) atoms. The van der Waals surface area contributed by atoms with Crippen LogP contribution in [0.4, 0.5) is 5.82 Å². The van der Waals surface area contributed by atoms with Crippen molar-refractivity contribution in [3.63, 3.8) is 0 Å². The highest BCUT2D eigenvalue weighted by Crippen LogP contribution is 2.31. The van der Waals surface area contributed by atoms with E-state index in [2.05, 4.69) is 9.88 Å². The zero-order chi connectivity index (χ0) is 10.4. The lowest BCUT2D eigenvalue weighted by Crippen LogP contribution is -2.36. The molecule has 1 atom stereocenters. The van der Waals surface area contributed by atoms with Crippen molar-refractivity contribution in [2.45, 2.75) is 31.8 Å². The monoisotopic (exact) mass is 225 g/mol. The Bertz CT molecular complexity index is 456. The van der Waals surface area contributed by atoms with Gasteiger partial charge >= 0.3 is 5.69 Å². The number of nitrogens with zero attached hydrogens (tertiary/aromatic N) is 3. The Labute approximate surface area is 92.5 Å². The van der Waals surface area contributed by atoms with Crippen LogP contribution in [0.3, 0.4) is 0 Å². The lowest BCUT2D eigenvalue weighted by atomic mass is 10.0. The summed E-state index contributed by atoms with van der Waals surface area (Å²) in [5, 5.41) is 0.303. The van der Waals surface area contributed by atoms with Gasteiger partial charge in [-0.3, -0.25) is 4.57 Å². The van der Waals surface area contributed by atoms with Gasteiger partial charge < -0.3 is 4.90 Å². The van der Waals surface area contributed by atoms with Crippen molar-refractivity contribution in [2.75, 3.05) is 11.4 Å². The molecule has 3 heterocycles. The minimum absolute atomic E-state index is 0.216.